The lowest BCUT2D eigenvalue weighted by atomic mass is 10.0. The third kappa shape index (κ3) is 2.50. The van der Waals surface area contributed by atoms with E-state index in [0.717, 1.165) is 42.7 Å². The number of hydrogen-bond acceptors (Lipinski definition) is 4. The summed E-state index contributed by atoms with van der Waals surface area (Å²) in [7, 11) is 0. The normalized spacial score (nSPS) is 28.3. The summed E-state index contributed by atoms with van der Waals surface area (Å²) >= 11 is 2.06. The van der Waals surface area contributed by atoms with E-state index < -0.39 is 0 Å². The van der Waals surface area contributed by atoms with Crippen molar-refractivity contribution in [3.8, 4) is 0 Å². The van der Waals surface area contributed by atoms with Gasteiger partial charge < -0.3 is 5.11 Å². The standard InChI is InChI=1S/C12H19N3OS/c16-8-9-3-4-12-13-11(14-15(12)7-9)6-10-2-1-5-17-10/h9-10,16H,1-8H2. The Kier molecular flexibility index (Phi) is 3.38. The molecule has 0 radical (unpaired) electrons. The van der Waals surface area contributed by atoms with Crippen molar-refractivity contribution >= 4 is 11.8 Å². The van der Waals surface area contributed by atoms with Crippen LogP contribution in [0.1, 0.15) is 30.9 Å². The number of fused-ring (bicyclic) bond motifs is 1. The molecule has 94 valence electrons. The van der Waals surface area contributed by atoms with E-state index in [-0.39, 0.29) is 6.61 Å². The molecule has 2 aliphatic rings. The summed E-state index contributed by atoms with van der Waals surface area (Å²) in [6, 6.07) is 0. The van der Waals surface area contributed by atoms with E-state index in [1.165, 1.54) is 18.6 Å². The number of thioether (sulfide) groups is 1. The average Bonchev–Trinajstić information content (AvgIpc) is 2.96. The van der Waals surface area contributed by atoms with Crippen LogP contribution >= 0.6 is 11.8 Å². The van der Waals surface area contributed by atoms with Gasteiger partial charge in [-0.3, -0.25) is 0 Å². The van der Waals surface area contributed by atoms with Gasteiger partial charge in [0, 0.05) is 37.2 Å². The summed E-state index contributed by atoms with van der Waals surface area (Å²) in [5.74, 6) is 3.80. The van der Waals surface area contributed by atoms with Crippen LogP contribution in [0.2, 0.25) is 0 Å². The maximum Gasteiger partial charge on any atom is 0.152 e. The van der Waals surface area contributed by atoms with Crippen LogP contribution in [0.25, 0.3) is 0 Å². The minimum atomic E-state index is 0.271. The summed E-state index contributed by atoms with van der Waals surface area (Å²) in [5, 5.41) is 14.5. The van der Waals surface area contributed by atoms with E-state index in [4.69, 9.17) is 0 Å². The van der Waals surface area contributed by atoms with Crippen LogP contribution in [0.5, 0.6) is 0 Å². The highest BCUT2D eigenvalue weighted by atomic mass is 32.2. The maximum absolute atomic E-state index is 9.19. The van der Waals surface area contributed by atoms with Crippen molar-refractivity contribution in [1.82, 2.24) is 14.8 Å². The molecule has 1 fully saturated rings. The van der Waals surface area contributed by atoms with Gasteiger partial charge in [-0.2, -0.15) is 16.9 Å². The maximum atomic E-state index is 9.19. The smallest absolute Gasteiger partial charge is 0.152 e. The molecule has 0 amide bonds. The summed E-state index contributed by atoms with van der Waals surface area (Å²) in [6.45, 7) is 1.11. The van der Waals surface area contributed by atoms with Crippen LogP contribution in [-0.2, 0) is 19.4 Å². The zero-order valence-corrected chi connectivity index (χ0v) is 10.8. The Bertz CT molecular complexity index is 387. The number of nitrogens with zero attached hydrogens (tertiary/aromatic N) is 3. The van der Waals surface area contributed by atoms with Gasteiger partial charge in [-0.25, -0.2) is 9.67 Å². The summed E-state index contributed by atoms with van der Waals surface area (Å²) in [6.07, 6.45) is 5.70. The number of aryl methyl sites for hydroxylation is 1. The Morgan fingerprint density at radius 2 is 2.35 bits per heavy atom. The molecule has 1 saturated heterocycles. The Morgan fingerprint density at radius 3 is 3.12 bits per heavy atom. The molecule has 5 heteroatoms. The van der Waals surface area contributed by atoms with Crippen LogP contribution < -0.4 is 0 Å². The number of aromatic nitrogens is 3. The van der Waals surface area contributed by atoms with Crippen molar-refractivity contribution in [2.75, 3.05) is 12.4 Å². The van der Waals surface area contributed by atoms with Gasteiger partial charge in [0.2, 0.25) is 0 Å². The molecule has 0 bridgehead atoms. The SMILES string of the molecule is OCC1CCc2nc(CC3CCCS3)nn2C1. The minimum Gasteiger partial charge on any atom is -0.396 e. The highest BCUT2D eigenvalue weighted by molar-refractivity contribution is 8.00. The fourth-order valence-electron chi connectivity index (χ4n) is 2.67. The first-order valence-electron chi connectivity index (χ1n) is 6.50. The third-order valence-corrected chi connectivity index (χ3v) is 5.09. The van der Waals surface area contributed by atoms with Gasteiger partial charge in [0.25, 0.3) is 0 Å². The zero-order valence-electron chi connectivity index (χ0n) is 10.0. The van der Waals surface area contributed by atoms with Gasteiger partial charge in [0.15, 0.2) is 5.82 Å². The van der Waals surface area contributed by atoms with Crippen molar-refractivity contribution < 1.29 is 5.11 Å². The van der Waals surface area contributed by atoms with Gasteiger partial charge >= 0.3 is 0 Å². The predicted octanol–water partition coefficient (Wildman–Crippen LogP) is 1.27. The Labute approximate surface area is 106 Å². The Balaban J connectivity index is 1.69. The number of hydrogen-bond donors (Lipinski definition) is 1. The lowest BCUT2D eigenvalue weighted by Crippen LogP contribution is -2.23. The van der Waals surface area contributed by atoms with Gasteiger partial charge in [0.05, 0.1) is 0 Å². The van der Waals surface area contributed by atoms with Crippen LogP contribution in [0.4, 0.5) is 0 Å². The predicted molar refractivity (Wildman–Crippen MR) is 68.1 cm³/mol. The molecule has 4 nitrogen and oxygen atoms in total. The quantitative estimate of drug-likeness (QED) is 0.881. The molecule has 0 saturated carbocycles. The molecule has 1 aromatic heterocycles. The second-order valence-corrected chi connectivity index (χ2v) is 6.46. The average molecular weight is 253 g/mol. The second-order valence-electron chi connectivity index (χ2n) is 5.05. The fourth-order valence-corrected chi connectivity index (χ4v) is 3.94. The summed E-state index contributed by atoms with van der Waals surface area (Å²) in [4.78, 5) is 4.64. The van der Waals surface area contributed by atoms with Crippen molar-refractivity contribution in [3.63, 3.8) is 0 Å². The van der Waals surface area contributed by atoms with E-state index in [2.05, 4.69) is 21.8 Å². The Morgan fingerprint density at radius 1 is 1.41 bits per heavy atom. The first-order valence-corrected chi connectivity index (χ1v) is 7.55. The van der Waals surface area contributed by atoms with Gasteiger partial charge in [-0.05, 0) is 25.0 Å². The minimum absolute atomic E-state index is 0.271. The van der Waals surface area contributed by atoms with Gasteiger partial charge in [-0.1, -0.05) is 0 Å². The molecule has 0 spiro atoms. The molecule has 3 heterocycles. The number of rotatable bonds is 3. The van der Waals surface area contributed by atoms with Crippen LogP contribution in [0, 0.1) is 5.92 Å². The van der Waals surface area contributed by atoms with Crippen LogP contribution in [0.15, 0.2) is 0 Å². The van der Waals surface area contributed by atoms with Crippen molar-refractivity contribution in [1.29, 1.82) is 0 Å². The van der Waals surface area contributed by atoms with E-state index in [1.807, 2.05) is 4.68 Å². The largest absolute Gasteiger partial charge is 0.396 e. The topological polar surface area (TPSA) is 50.9 Å². The lowest BCUT2D eigenvalue weighted by Gasteiger charge is -2.19. The molecule has 0 aliphatic carbocycles. The van der Waals surface area contributed by atoms with E-state index in [1.54, 1.807) is 0 Å². The molecule has 2 atom stereocenters. The third-order valence-electron chi connectivity index (χ3n) is 3.69. The second kappa shape index (κ2) is 4.98. The van der Waals surface area contributed by atoms with E-state index in [9.17, 15) is 5.11 Å². The van der Waals surface area contributed by atoms with Gasteiger partial charge in [0.1, 0.15) is 5.82 Å². The lowest BCUT2D eigenvalue weighted by molar-refractivity contribution is 0.185. The summed E-state index contributed by atoms with van der Waals surface area (Å²) in [5.41, 5.74) is 0. The molecule has 0 aromatic carbocycles. The Hall–Kier alpha value is -0.550. The monoisotopic (exact) mass is 253 g/mol. The molecule has 2 aliphatic heterocycles. The first-order chi connectivity index (χ1) is 8.35. The first kappa shape index (κ1) is 11.5. The molecule has 1 N–H and O–H groups in total. The van der Waals surface area contributed by atoms with Crippen molar-refractivity contribution in [3.05, 3.63) is 11.6 Å². The number of aliphatic hydroxyl groups excluding tert-OH is 1. The molecule has 3 rings (SSSR count). The van der Waals surface area contributed by atoms with Gasteiger partial charge in [-0.15, -0.1) is 0 Å². The van der Waals surface area contributed by atoms with Crippen LogP contribution in [-0.4, -0.2) is 37.5 Å². The number of aliphatic hydroxyl groups is 1. The molecule has 17 heavy (non-hydrogen) atoms. The highest BCUT2D eigenvalue weighted by Crippen LogP contribution is 2.28. The van der Waals surface area contributed by atoms with Crippen molar-refractivity contribution in [2.45, 2.75) is 43.9 Å². The fraction of sp³-hybridized carbons (Fsp3) is 0.833. The highest BCUT2D eigenvalue weighted by Gasteiger charge is 2.23. The van der Waals surface area contributed by atoms with Crippen LogP contribution in [0.3, 0.4) is 0 Å². The molecule has 1 aromatic rings. The van der Waals surface area contributed by atoms with E-state index >= 15 is 0 Å². The molecule has 2 unspecified atom stereocenters. The van der Waals surface area contributed by atoms with Crippen molar-refractivity contribution in [2.24, 2.45) is 5.92 Å². The molecular formula is C12H19N3OS. The van der Waals surface area contributed by atoms with E-state index in [0.29, 0.717) is 5.92 Å². The zero-order chi connectivity index (χ0) is 11.7. The summed E-state index contributed by atoms with van der Waals surface area (Å²) < 4.78 is 2.01. The molecular weight excluding hydrogens is 234 g/mol.